The maximum atomic E-state index is 13.6. The third kappa shape index (κ3) is 3.61. The molecular weight excluding hydrogens is 265 g/mol. The minimum Gasteiger partial charge on any atom is -0.496 e. The molecule has 0 bridgehead atoms. The Morgan fingerprint density at radius 1 is 1.14 bits per heavy atom. The van der Waals surface area contributed by atoms with Crippen molar-refractivity contribution in [2.24, 2.45) is 0 Å². The molecule has 1 unspecified atom stereocenters. The Hall–Kier alpha value is -1.87. The van der Waals surface area contributed by atoms with Crippen molar-refractivity contribution in [2.75, 3.05) is 7.11 Å². The van der Waals surface area contributed by atoms with E-state index in [2.05, 4.69) is 18.3 Å². The second kappa shape index (κ2) is 6.72. The van der Waals surface area contributed by atoms with E-state index in [0.29, 0.717) is 17.7 Å². The molecule has 0 amide bonds. The minimum atomic E-state index is -0.114. The first-order valence-electron chi connectivity index (χ1n) is 7.15. The van der Waals surface area contributed by atoms with Crippen LogP contribution in [-0.4, -0.2) is 7.11 Å². The zero-order valence-corrected chi connectivity index (χ0v) is 13.0. The average molecular weight is 287 g/mol. The topological polar surface area (TPSA) is 21.3 Å². The van der Waals surface area contributed by atoms with E-state index in [0.717, 1.165) is 16.9 Å². The molecule has 3 heteroatoms. The zero-order chi connectivity index (χ0) is 15.4. The number of hydrogen-bond acceptors (Lipinski definition) is 2. The third-order valence-corrected chi connectivity index (χ3v) is 3.71. The van der Waals surface area contributed by atoms with Gasteiger partial charge in [-0.25, -0.2) is 4.39 Å². The summed E-state index contributed by atoms with van der Waals surface area (Å²) in [6.07, 6.45) is 0. The quantitative estimate of drug-likeness (QED) is 0.885. The molecule has 21 heavy (non-hydrogen) atoms. The van der Waals surface area contributed by atoms with Crippen LogP contribution >= 0.6 is 0 Å². The molecule has 0 saturated carbocycles. The van der Waals surface area contributed by atoms with Crippen LogP contribution in [0.1, 0.15) is 35.2 Å². The van der Waals surface area contributed by atoms with Crippen molar-refractivity contribution in [3.05, 3.63) is 64.5 Å². The highest BCUT2D eigenvalue weighted by Crippen LogP contribution is 2.24. The molecule has 0 spiro atoms. The Bertz CT molecular complexity index is 601. The van der Waals surface area contributed by atoms with Crippen molar-refractivity contribution in [1.29, 1.82) is 0 Å². The van der Waals surface area contributed by atoms with Gasteiger partial charge in [-0.05, 0) is 43.5 Å². The Kier molecular flexibility index (Phi) is 4.97. The Balaban J connectivity index is 2.09. The normalized spacial score (nSPS) is 12.2. The van der Waals surface area contributed by atoms with Gasteiger partial charge in [-0.2, -0.15) is 0 Å². The minimum absolute atomic E-state index is 0.114. The second-order valence-corrected chi connectivity index (χ2v) is 5.39. The van der Waals surface area contributed by atoms with Crippen LogP contribution in [0.2, 0.25) is 0 Å². The molecule has 1 atom stereocenters. The fourth-order valence-corrected chi connectivity index (χ4v) is 2.54. The number of aryl methyl sites for hydroxylation is 2. The van der Waals surface area contributed by atoms with Crippen LogP contribution in [0.4, 0.5) is 4.39 Å². The van der Waals surface area contributed by atoms with E-state index in [1.165, 1.54) is 0 Å². The SMILES string of the molecule is COc1ccccc1C(C)NCc1cc(C)c(F)c(C)c1. The Morgan fingerprint density at radius 3 is 2.38 bits per heavy atom. The molecular formula is C18H22FNO. The summed E-state index contributed by atoms with van der Waals surface area (Å²) in [5, 5.41) is 3.46. The summed E-state index contributed by atoms with van der Waals surface area (Å²) in [5.74, 6) is 0.764. The van der Waals surface area contributed by atoms with Crippen LogP contribution in [0.3, 0.4) is 0 Å². The molecule has 0 saturated heterocycles. The second-order valence-electron chi connectivity index (χ2n) is 5.39. The van der Waals surface area contributed by atoms with E-state index in [1.54, 1.807) is 21.0 Å². The molecule has 0 fully saturated rings. The monoisotopic (exact) mass is 287 g/mol. The van der Waals surface area contributed by atoms with Crippen LogP contribution in [0.15, 0.2) is 36.4 Å². The largest absolute Gasteiger partial charge is 0.496 e. The van der Waals surface area contributed by atoms with Crippen molar-refractivity contribution in [2.45, 2.75) is 33.4 Å². The van der Waals surface area contributed by atoms with Gasteiger partial charge in [0.05, 0.1) is 7.11 Å². The Morgan fingerprint density at radius 2 is 1.76 bits per heavy atom. The first-order valence-corrected chi connectivity index (χ1v) is 7.15. The number of ether oxygens (including phenoxy) is 1. The number of halogens is 1. The summed E-state index contributed by atoms with van der Waals surface area (Å²) in [7, 11) is 1.68. The molecule has 0 radical (unpaired) electrons. The fraction of sp³-hybridized carbons (Fsp3) is 0.333. The van der Waals surface area contributed by atoms with E-state index in [-0.39, 0.29) is 11.9 Å². The summed E-state index contributed by atoms with van der Waals surface area (Å²) < 4.78 is 19.0. The first kappa shape index (κ1) is 15.5. The maximum absolute atomic E-state index is 13.6. The molecule has 112 valence electrons. The van der Waals surface area contributed by atoms with Crippen molar-refractivity contribution < 1.29 is 9.13 Å². The molecule has 0 aliphatic rings. The van der Waals surface area contributed by atoms with Gasteiger partial charge in [0.15, 0.2) is 0 Å². The van der Waals surface area contributed by atoms with Crippen LogP contribution in [0, 0.1) is 19.7 Å². The summed E-state index contributed by atoms with van der Waals surface area (Å²) in [6, 6.07) is 11.9. The van der Waals surface area contributed by atoms with Crippen molar-refractivity contribution in [3.63, 3.8) is 0 Å². The van der Waals surface area contributed by atoms with Gasteiger partial charge in [0.25, 0.3) is 0 Å². The van der Waals surface area contributed by atoms with Gasteiger partial charge in [0.1, 0.15) is 11.6 Å². The summed E-state index contributed by atoms with van der Waals surface area (Å²) in [5.41, 5.74) is 3.59. The highest BCUT2D eigenvalue weighted by Gasteiger charge is 2.11. The van der Waals surface area contributed by atoms with Crippen LogP contribution < -0.4 is 10.1 Å². The number of methoxy groups -OCH3 is 1. The number of hydrogen-bond donors (Lipinski definition) is 1. The lowest BCUT2D eigenvalue weighted by molar-refractivity contribution is 0.401. The van der Waals surface area contributed by atoms with E-state index >= 15 is 0 Å². The van der Waals surface area contributed by atoms with Gasteiger partial charge in [0, 0.05) is 18.2 Å². The molecule has 2 rings (SSSR count). The van der Waals surface area contributed by atoms with Crippen LogP contribution in [0.5, 0.6) is 5.75 Å². The lowest BCUT2D eigenvalue weighted by atomic mass is 10.0. The molecule has 0 heterocycles. The van der Waals surface area contributed by atoms with Crippen molar-refractivity contribution in [3.8, 4) is 5.75 Å². The predicted molar refractivity (Wildman–Crippen MR) is 84.1 cm³/mol. The van der Waals surface area contributed by atoms with Gasteiger partial charge in [0.2, 0.25) is 0 Å². The standard InChI is InChI=1S/C18H22FNO/c1-12-9-15(10-13(2)18(12)19)11-20-14(3)16-7-5-6-8-17(16)21-4/h5-10,14,20H,11H2,1-4H3. The smallest absolute Gasteiger partial charge is 0.129 e. The summed E-state index contributed by atoms with van der Waals surface area (Å²) in [6.45, 7) is 6.40. The molecule has 1 N–H and O–H groups in total. The molecule has 0 aliphatic heterocycles. The van der Waals surface area contributed by atoms with E-state index in [1.807, 2.05) is 30.3 Å². The average Bonchev–Trinajstić information content (AvgIpc) is 2.50. The summed E-state index contributed by atoms with van der Waals surface area (Å²) >= 11 is 0. The molecule has 2 nitrogen and oxygen atoms in total. The van der Waals surface area contributed by atoms with Crippen molar-refractivity contribution >= 4 is 0 Å². The van der Waals surface area contributed by atoms with Gasteiger partial charge >= 0.3 is 0 Å². The van der Waals surface area contributed by atoms with Crippen molar-refractivity contribution in [1.82, 2.24) is 5.32 Å². The first-order chi connectivity index (χ1) is 10.0. The van der Waals surface area contributed by atoms with Crippen LogP contribution in [-0.2, 0) is 6.54 Å². The number of benzene rings is 2. The third-order valence-electron chi connectivity index (χ3n) is 3.71. The van der Waals surface area contributed by atoms with E-state index < -0.39 is 0 Å². The lowest BCUT2D eigenvalue weighted by Crippen LogP contribution is -2.19. The molecule has 0 aromatic heterocycles. The lowest BCUT2D eigenvalue weighted by Gasteiger charge is -2.17. The van der Waals surface area contributed by atoms with Gasteiger partial charge < -0.3 is 10.1 Å². The van der Waals surface area contributed by atoms with E-state index in [4.69, 9.17) is 4.74 Å². The number of rotatable bonds is 5. The maximum Gasteiger partial charge on any atom is 0.129 e. The van der Waals surface area contributed by atoms with Gasteiger partial charge in [-0.3, -0.25) is 0 Å². The van der Waals surface area contributed by atoms with Crippen LogP contribution in [0.25, 0.3) is 0 Å². The number of nitrogens with one attached hydrogen (secondary N) is 1. The summed E-state index contributed by atoms with van der Waals surface area (Å²) in [4.78, 5) is 0. The molecule has 2 aromatic rings. The number of para-hydroxylation sites is 1. The Labute approximate surface area is 126 Å². The van der Waals surface area contributed by atoms with Gasteiger partial charge in [-0.15, -0.1) is 0 Å². The molecule has 2 aromatic carbocycles. The highest BCUT2D eigenvalue weighted by molar-refractivity contribution is 5.36. The zero-order valence-electron chi connectivity index (χ0n) is 13.0. The van der Waals surface area contributed by atoms with E-state index in [9.17, 15) is 4.39 Å². The predicted octanol–water partition coefficient (Wildman–Crippen LogP) is 4.30. The molecule has 0 aliphatic carbocycles. The highest BCUT2D eigenvalue weighted by atomic mass is 19.1. The fourth-order valence-electron chi connectivity index (χ4n) is 2.54. The van der Waals surface area contributed by atoms with Gasteiger partial charge in [-0.1, -0.05) is 30.3 Å².